The molecular weight excluding hydrogens is 294 g/mol. The van der Waals surface area contributed by atoms with Gasteiger partial charge in [0.05, 0.1) is 11.4 Å². The standard InChI is InChI=1S/C13H21N3O2S2/c1-4-7-8-16(5-2)13-12(20(17,18)6-3)11(15)10(9-14)19-13/h4-8,15H2,1-3H3. The summed E-state index contributed by atoms with van der Waals surface area (Å²) in [5, 5.41) is 9.70. The van der Waals surface area contributed by atoms with E-state index in [9.17, 15) is 8.42 Å². The third-order valence-electron chi connectivity index (χ3n) is 3.13. The van der Waals surface area contributed by atoms with Gasteiger partial charge in [0.2, 0.25) is 0 Å². The number of nitrogen functional groups attached to an aromatic ring is 1. The Hall–Kier alpha value is -1.26. The van der Waals surface area contributed by atoms with Crippen LogP contribution in [0.5, 0.6) is 0 Å². The molecule has 0 saturated carbocycles. The Kier molecular flexibility index (Phi) is 5.84. The SMILES string of the molecule is CCCCN(CC)c1sc(C#N)c(N)c1S(=O)(=O)CC. The van der Waals surface area contributed by atoms with Crippen LogP contribution in [0.25, 0.3) is 0 Å². The second-order valence-corrected chi connectivity index (χ2v) is 7.64. The monoisotopic (exact) mass is 315 g/mol. The van der Waals surface area contributed by atoms with Gasteiger partial charge in [-0.3, -0.25) is 0 Å². The number of unbranched alkanes of at least 4 members (excludes halogenated alkanes) is 1. The van der Waals surface area contributed by atoms with E-state index in [4.69, 9.17) is 11.0 Å². The summed E-state index contributed by atoms with van der Waals surface area (Å²) in [5.74, 6) is -0.0167. The first-order valence-corrected chi connectivity index (χ1v) is 9.19. The smallest absolute Gasteiger partial charge is 0.183 e. The molecule has 0 saturated heterocycles. The van der Waals surface area contributed by atoms with Gasteiger partial charge in [-0.25, -0.2) is 8.42 Å². The lowest BCUT2D eigenvalue weighted by Crippen LogP contribution is -2.25. The zero-order valence-corrected chi connectivity index (χ0v) is 13.8. The van der Waals surface area contributed by atoms with Crippen LogP contribution >= 0.6 is 11.3 Å². The summed E-state index contributed by atoms with van der Waals surface area (Å²) >= 11 is 1.17. The Bertz CT molecular complexity index is 600. The summed E-state index contributed by atoms with van der Waals surface area (Å²) in [4.78, 5) is 2.41. The number of rotatable bonds is 7. The molecule has 7 heteroatoms. The van der Waals surface area contributed by atoms with Gasteiger partial charge in [-0.15, -0.1) is 11.3 Å². The highest BCUT2D eigenvalue weighted by molar-refractivity contribution is 7.91. The topological polar surface area (TPSA) is 87.2 Å². The lowest BCUT2D eigenvalue weighted by atomic mass is 10.3. The number of hydrogen-bond donors (Lipinski definition) is 1. The number of anilines is 2. The van der Waals surface area contributed by atoms with Gasteiger partial charge < -0.3 is 10.6 Å². The van der Waals surface area contributed by atoms with Crippen molar-refractivity contribution in [3.63, 3.8) is 0 Å². The third-order valence-corrected chi connectivity index (χ3v) is 6.22. The molecule has 5 nitrogen and oxygen atoms in total. The van der Waals surface area contributed by atoms with E-state index in [1.54, 1.807) is 6.92 Å². The van der Waals surface area contributed by atoms with Crippen molar-refractivity contribution < 1.29 is 8.42 Å². The molecule has 1 heterocycles. The second kappa shape index (κ2) is 6.95. The average molecular weight is 315 g/mol. The summed E-state index contributed by atoms with van der Waals surface area (Å²) in [6.07, 6.45) is 2.00. The van der Waals surface area contributed by atoms with Gasteiger partial charge in [-0.1, -0.05) is 20.3 Å². The molecule has 0 fully saturated rings. The third kappa shape index (κ3) is 3.25. The van der Waals surface area contributed by atoms with Crippen molar-refractivity contribution in [3.05, 3.63) is 4.88 Å². The van der Waals surface area contributed by atoms with Gasteiger partial charge >= 0.3 is 0 Å². The van der Waals surface area contributed by atoms with Gasteiger partial charge in [0, 0.05) is 13.1 Å². The maximum Gasteiger partial charge on any atom is 0.183 e. The molecule has 1 rings (SSSR count). The van der Waals surface area contributed by atoms with E-state index in [0.29, 0.717) is 11.5 Å². The van der Waals surface area contributed by atoms with Gasteiger partial charge in [0.25, 0.3) is 0 Å². The van der Waals surface area contributed by atoms with Crippen molar-refractivity contribution in [1.29, 1.82) is 5.26 Å². The van der Waals surface area contributed by atoms with Crippen molar-refractivity contribution in [3.8, 4) is 6.07 Å². The predicted octanol–water partition coefficient (Wildman–Crippen LogP) is 2.62. The highest BCUT2D eigenvalue weighted by Gasteiger charge is 2.28. The number of nitrogens with two attached hydrogens (primary N) is 1. The fourth-order valence-electron chi connectivity index (χ4n) is 1.90. The number of nitriles is 1. The molecule has 0 radical (unpaired) electrons. The van der Waals surface area contributed by atoms with E-state index in [1.807, 2.05) is 17.9 Å². The normalized spacial score (nSPS) is 11.3. The molecule has 1 aromatic heterocycles. The molecule has 0 unspecified atom stereocenters. The van der Waals surface area contributed by atoms with E-state index < -0.39 is 9.84 Å². The number of thiophene rings is 1. The van der Waals surface area contributed by atoms with Crippen LogP contribution in [0.2, 0.25) is 0 Å². The number of nitrogens with zero attached hydrogens (tertiary/aromatic N) is 2. The molecule has 0 spiro atoms. The van der Waals surface area contributed by atoms with Crippen molar-refractivity contribution in [2.75, 3.05) is 29.5 Å². The summed E-state index contributed by atoms with van der Waals surface area (Å²) in [6, 6.07) is 1.99. The minimum atomic E-state index is -3.44. The summed E-state index contributed by atoms with van der Waals surface area (Å²) in [5.41, 5.74) is 5.98. The lowest BCUT2D eigenvalue weighted by molar-refractivity contribution is 0.597. The largest absolute Gasteiger partial charge is 0.396 e. The van der Waals surface area contributed by atoms with Crippen LogP contribution in [-0.2, 0) is 9.84 Å². The Morgan fingerprint density at radius 2 is 2.00 bits per heavy atom. The fraction of sp³-hybridized carbons (Fsp3) is 0.615. The molecule has 0 amide bonds. The first-order chi connectivity index (χ1) is 9.42. The van der Waals surface area contributed by atoms with E-state index in [0.717, 1.165) is 19.4 Å². The van der Waals surface area contributed by atoms with Crippen LogP contribution in [0.4, 0.5) is 10.7 Å². The minimum Gasteiger partial charge on any atom is -0.396 e. The summed E-state index contributed by atoms with van der Waals surface area (Å²) in [6.45, 7) is 7.10. The van der Waals surface area contributed by atoms with Crippen LogP contribution in [0.1, 0.15) is 38.5 Å². The van der Waals surface area contributed by atoms with Crippen molar-refractivity contribution in [2.45, 2.75) is 38.5 Å². The molecule has 1 aromatic rings. The first-order valence-electron chi connectivity index (χ1n) is 6.72. The van der Waals surface area contributed by atoms with Crippen molar-refractivity contribution in [2.24, 2.45) is 0 Å². The Morgan fingerprint density at radius 1 is 1.35 bits per heavy atom. The van der Waals surface area contributed by atoms with Gasteiger partial charge in [-0.2, -0.15) is 5.26 Å². The average Bonchev–Trinajstić information content (AvgIpc) is 2.77. The molecule has 0 aliphatic carbocycles. The molecule has 0 aliphatic rings. The molecular formula is C13H21N3O2S2. The first kappa shape index (κ1) is 16.8. The quantitative estimate of drug-likeness (QED) is 0.835. The minimum absolute atomic E-state index is 0.0167. The highest BCUT2D eigenvalue weighted by atomic mass is 32.2. The maximum absolute atomic E-state index is 12.3. The Morgan fingerprint density at radius 3 is 2.45 bits per heavy atom. The van der Waals surface area contributed by atoms with Crippen LogP contribution in [-0.4, -0.2) is 27.3 Å². The van der Waals surface area contributed by atoms with Crippen LogP contribution in [0.3, 0.4) is 0 Å². The van der Waals surface area contributed by atoms with Crippen molar-refractivity contribution >= 4 is 31.9 Å². The second-order valence-electron chi connectivity index (χ2n) is 4.43. The molecule has 112 valence electrons. The zero-order valence-electron chi connectivity index (χ0n) is 12.1. The van der Waals surface area contributed by atoms with Crippen LogP contribution < -0.4 is 10.6 Å². The van der Waals surface area contributed by atoms with Crippen LogP contribution in [0, 0.1) is 11.3 Å². The number of sulfone groups is 1. The molecule has 0 atom stereocenters. The molecule has 2 N–H and O–H groups in total. The van der Waals surface area contributed by atoms with Gasteiger partial charge in [-0.05, 0) is 13.3 Å². The Labute approximate surface area is 124 Å². The fourth-order valence-corrected chi connectivity index (χ4v) is 4.60. The van der Waals surface area contributed by atoms with Crippen LogP contribution in [0.15, 0.2) is 4.90 Å². The van der Waals surface area contributed by atoms with Gasteiger partial charge in [0.15, 0.2) is 9.84 Å². The molecule has 20 heavy (non-hydrogen) atoms. The molecule has 0 aromatic carbocycles. The number of hydrogen-bond acceptors (Lipinski definition) is 6. The van der Waals surface area contributed by atoms with E-state index >= 15 is 0 Å². The van der Waals surface area contributed by atoms with E-state index in [2.05, 4.69) is 6.92 Å². The summed E-state index contributed by atoms with van der Waals surface area (Å²) < 4.78 is 24.5. The predicted molar refractivity (Wildman–Crippen MR) is 84.0 cm³/mol. The van der Waals surface area contributed by atoms with E-state index in [-0.39, 0.29) is 21.2 Å². The highest BCUT2D eigenvalue weighted by Crippen LogP contribution is 2.41. The van der Waals surface area contributed by atoms with E-state index in [1.165, 1.54) is 11.3 Å². The van der Waals surface area contributed by atoms with Gasteiger partial charge in [0.1, 0.15) is 20.8 Å². The lowest BCUT2D eigenvalue weighted by Gasteiger charge is -2.22. The Balaban J connectivity index is 3.42. The molecule has 0 aliphatic heterocycles. The summed E-state index contributed by atoms with van der Waals surface area (Å²) in [7, 11) is -3.44. The van der Waals surface area contributed by atoms with Crippen molar-refractivity contribution in [1.82, 2.24) is 0 Å². The molecule has 0 bridgehead atoms. The zero-order chi connectivity index (χ0) is 15.3. The maximum atomic E-state index is 12.3.